The van der Waals surface area contributed by atoms with Crippen molar-refractivity contribution in [2.75, 3.05) is 11.4 Å². The van der Waals surface area contributed by atoms with E-state index in [1.807, 2.05) is 34.7 Å². The Bertz CT molecular complexity index is 991. The summed E-state index contributed by atoms with van der Waals surface area (Å²) >= 11 is 12.6. The summed E-state index contributed by atoms with van der Waals surface area (Å²) < 4.78 is 1.85. The average molecular weight is 391 g/mol. The monoisotopic (exact) mass is 390 g/mol. The lowest BCUT2D eigenvalue weighted by Crippen LogP contribution is -2.36. The minimum Gasteiger partial charge on any atom is -0.480 e. The number of carbonyl (C=O) groups is 1. The molecule has 1 aromatic carbocycles. The number of fused-ring (bicyclic) bond motifs is 1. The van der Waals surface area contributed by atoms with Crippen LogP contribution in [0.25, 0.3) is 16.6 Å². The molecule has 1 N–H and O–H groups in total. The molecule has 1 aliphatic heterocycles. The zero-order valence-electron chi connectivity index (χ0n) is 13.9. The van der Waals surface area contributed by atoms with Crippen molar-refractivity contribution in [3.05, 3.63) is 47.0 Å². The molecule has 3 aromatic rings. The maximum atomic E-state index is 11.7. The number of hydrogen-bond acceptors (Lipinski definition) is 4. The first-order chi connectivity index (χ1) is 12.5. The van der Waals surface area contributed by atoms with Gasteiger partial charge in [-0.25, -0.2) is 14.8 Å². The number of carboxylic acids is 1. The van der Waals surface area contributed by atoms with Crippen LogP contribution < -0.4 is 4.90 Å². The second-order valence-corrected chi connectivity index (χ2v) is 7.36. The Balaban J connectivity index is 1.96. The Morgan fingerprint density at radius 3 is 2.85 bits per heavy atom. The molecular formula is C18H16Cl2N4O2. The largest absolute Gasteiger partial charge is 0.480 e. The number of anilines is 1. The average Bonchev–Trinajstić information content (AvgIpc) is 3.27. The van der Waals surface area contributed by atoms with E-state index in [9.17, 15) is 9.90 Å². The minimum atomic E-state index is -0.849. The molecule has 0 saturated carbocycles. The highest BCUT2D eigenvalue weighted by Crippen LogP contribution is 2.36. The van der Waals surface area contributed by atoms with Crippen LogP contribution in [0.2, 0.25) is 10.0 Å². The first-order valence-electron chi connectivity index (χ1n) is 8.22. The zero-order valence-corrected chi connectivity index (χ0v) is 15.4. The van der Waals surface area contributed by atoms with Crippen LogP contribution in [0.4, 0.5) is 5.82 Å². The molecule has 2 aromatic heterocycles. The topological polar surface area (TPSA) is 71.2 Å². The van der Waals surface area contributed by atoms with E-state index in [4.69, 9.17) is 23.2 Å². The standard InChI is InChI=1S/C18H16Cl2N4O2/c1-10-6-14(18(25)26)24(8-10)15-7-13(23-5-4-21-9-23)11-2-3-12(19)16(20)17(11)22-15/h2-5,7,9-10,14H,6,8H2,1H3,(H,25,26)/t10-,14+/m1/s1. The fourth-order valence-electron chi connectivity index (χ4n) is 3.50. The molecule has 0 amide bonds. The van der Waals surface area contributed by atoms with Gasteiger partial charge in [-0.15, -0.1) is 0 Å². The highest BCUT2D eigenvalue weighted by atomic mass is 35.5. The van der Waals surface area contributed by atoms with E-state index >= 15 is 0 Å². The second-order valence-electron chi connectivity index (χ2n) is 6.57. The fourth-order valence-corrected chi connectivity index (χ4v) is 3.86. The third-order valence-corrected chi connectivity index (χ3v) is 5.50. The third-order valence-electron chi connectivity index (χ3n) is 4.71. The number of aromatic nitrogens is 3. The number of carboxylic acid groups (broad SMARTS) is 1. The fraction of sp³-hybridized carbons (Fsp3) is 0.278. The molecule has 0 bridgehead atoms. The molecule has 1 saturated heterocycles. The number of rotatable bonds is 3. The first kappa shape index (κ1) is 17.1. The molecule has 134 valence electrons. The van der Waals surface area contributed by atoms with Crippen molar-refractivity contribution in [2.24, 2.45) is 5.92 Å². The molecule has 3 heterocycles. The minimum absolute atomic E-state index is 0.264. The van der Waals surface area contributed by atoms with E-state index < -0.39 is 12.0 Å². The summed E-state index contributed by atoms with van der Waals surface area (Å²) in [6.07, 6.45) is 5.77. The van der Waals surface area contributed by atoms with Gasteiger partial charge in [-0.1, -0.05) is 30.1 Å². The van der Waals surface area contributed by atoms with Crippen LogP contribution in [-0.2, 0) is 4.79 Å². The number of halogens is 2. The lowest BCUT2D eigenvalue weighted by Gasteiger charge is -2.24. The number of pyridine rings is 1. The van der Waals surface area contributed by atoms with Gasteiger partial charge in [-0.2, -0.15) is 0 Å². The lowest BCUT2D eigenvalue weighted by atomic mass is 10.1. The van der Waals surface area contributed by atoms with Gasteiger partial charge in [0.2, 0.25) is 0 Å². The summed E-state index contributed by atoms with van der Waals surface area (Å²) in [5.74, 6) is -0.0140. The number of hydrogen-bond donors (Lipinski definition) is 1. The van der Waals surface area contributed by atoms with Gasteiger partial charge in [0.05, 0.1) is 27.6 Å². The van der Waals surface area contributed by atoms with Crippen LogP contribution in [-0.4, -0.2) is 38.2 Å². The van der Waals surface area contributed by atoms with Gasteiger partial charge >= 0.3 is 5.97 Å². The van der Waals surface area contributed by atoms with E-state index in [1.54, 1.807) is 18.6 Å². The quantitative estimate of drug-likeness (QED) is 0.730. The number of aliphatic carboxylic acids is 1. The molecule has 2 atom stereocenters. The van der Waals surface area contributed by atoms with E-state index in [0.717, 1.165) is 11.1 Å². The SMILES string of the molecule is C[C@@H]1C[C@@H](C(=O)O)N(c2cc(-n3ccnc3)c3ccc(Cl)c(Cl)c3n2)C1. The van der Waals surface area contributed by atoms with Gasteiger partial charge < -0.3 is 14.6 Å². The van der Waals surface area contributed by atoms with E-state index in [-0.39, 0.29) is 5.92 Å². The summed E-state index contributed by atoms with van der Waals surface area (Å²) in [4.78, 5) is 22.3. The van der Waals surface area contributed by atoms with Crippen LogP contribution in [0.3, 0.4) is 0 Å². The van der Waals surface area contributed by atoms with Gasteiger partial charge in [0, 0.05) is 30.4 Å². The van der Waals surface area contributed by atoms with Crippen molar-refractivity contribution in [3.8, 4) is 5.69 Å². The van der Waals surface area contributed by atoms with Crippen molar-refractivity contribution >= 4 is 45.9 Å². The molecule has 0 unspecified atom stereocenters. The maximum absolute atomic E-state index is 11.7. The number of imidazole rings is 1. The highest BCUT2D eigenvalue weighted by molar-refractivity contribution is 6.45. The van der Waals surface area contributed by atoms with Crippen LogP contribution in [0.5, 0.6) is 0 Å². The Labute approximate surface area is 160 Å². The highest BCUT2D eigenvalue weighted by Gasteiger charge is 2.36. The van der Waals surface area contributed by atoms with Gasteiger partial charge in [-0.3, -0.25) is 0 Å². The van der Waals surface area contributed by atoms with E-state index in [2.05, 4.69) is 9.97 Å². The molecule has 1 fully saturated rings. The first-order valence-corrected chi connectivity index (χ1v) is 8.98. The third kappa shape index (κ3) is 2.79. The van der Waals surface area contributed by atoms with Crippen molar-refractivity contribution in [1.29, 1.82) is 0 Å². The van der Waals surface area contributed by atoms with Gasteiger partial charge in [0.25, 0.3) is 0 Å². The van der Waals surface area contributed by atoms with Gasteiger partial charge in [-0.05, 0) is 24.5 Å². The Hall–Kier alpha value is -2.31. The molecule has 26 heavy (non-hydrogen) atoms. The molecule has 0 spiro atoms. The summed E-state index contributed by atoms with van der Waals surface area (Å²) in [6.45, 7) is 2.66. The van der Waals surface area contributed by atoms with E-state index in [0.29, 0.717) is 34.3 Å². The van der Waals surface area contributed by atoms with Crippen molar-refractivity contribution in [1.82, 2.24) is 14.5 Å². The second kappa shape index (κ2) is 6.45. The van der Waals surface area contributed by atoms with Crippen LogP contribution in [0, 0.1) is 5.92 Å². The summed E-state index contributed by atoms with van der Waals surface area (Å²) in [5, 5.41) is 11.2. The molecule has 0 radical (unpaired) electrons. The molecule has 0 aliphatic carbocycles. The molecular weight excluding hydrogens is 375 g/mol. The van der Waals surface area contributed by atoms with Crippen LogP contribution >= 0.6 is 23.2 Å². The van der Waals surface area contributed by atoms with Crippen LogP contribution in [0.15, 0.2) is 36.9 Å². The smallest absolute Gasteiger partial charge is 0.326 e. The summed E-state index contributed by atoms with van der Waals surface area (Å²) in [7, 11) is 0. The maximum Gasteiger partial charge on any atom is 0.326 e. The Kier molecular flexibility index (Phi) is 4.25. The summed E-state index contributed by atoms with van der Waals surface area (Å²) in [5.41, 5.74) is 1.37. The summed E-state index contributed by atoms with van der Waals surface area (Å²) in [6, 6.07) is 4.86. The van der Waals surface area contributed by atoms with Gasteiger partial charge in [0.15, 0.2) is 0 Å². The molecule has 1 aliphatic rings. The Morgan fingerprint density at radius 2 is 2.15 bits per heavy atom. The van der Waals surface area contributed by atoms with Crippen LogP contribution in [0.1, 0.15) is 13.3 Å². The Morgan fingerprint density at radius 1 is 1.35 bits per heavy atom. The normalized spacial score (nSPS) is 20.0. The van der Waals surface area contributed by atoms with Crippen molar-refractivity contribution in [2.45, 2.75) is 19.4 Å². The lowest BCUT2D eigenvalue weighted by molar-refractivity contribution is -0.138. The van der Waals surface area contributed by atoms with E-state index in [1.165, 1.54) is 0 Å². The number of benzene rings is 1. The van der Waals surface area contributed by atoms with Gasteiger partial charge in [0.1, 0.15) is 11.9 Å². The zero-order chi connectivity index (χ0) is 18.4. The predicted octanol–water partition coefficient (Wildman–Crippen LogP) is 4.03. The van der Waals surface area contributed by atoms with Crippen molar-refractivity contribution < 1.29 is 9.90 Å². The molecule has 4 rings (SSSR count). The molecule has 6 nitrogen and oxygen atoms in total. The predicted molar refractivity (Wildman–Crippen MR) is 101 cm³/mol. The number of nitrogens with zero attached hydrogens (tertiary/aromatic N) is 4. The molecule has 8 heteroatoms. The van der Waals surface area contributed by atoms with Crippen molar-refractivity contribution in [3.63, 3.8) is 0 Å².